The van der Waals surface area contributed by atoms with Gasteiger partial charge in [0.05, 0.1) is 27.4 Å². The average Bonchev–Trinajstić information content (AvgIpc) is 3.80. The van der Waals surface area contributed by atoms with E-state index in [1.807, 2.05) is 11.0 Å². The number of nitrogens with zero attached hydrogens (tertiary/aromatic N) is 6. The molecule has 49 heavy (non-hydrogen) atoms. The Hall–Kier alpha value is -4.56. The Kier molecular flexibility index (Phi) is 7.27. The molecule has 3 unspecified atom stereocenters. The standard InChI is InChI=1S/C32H27F6N7O3S/c33-15-9-31(4-1-5-44(31)11-15)14-48-29-41-25-18(28(42-29)43-6-7-45-16(12-43)13-47-30(45)46)8-20(32(36,37)38)23(24(25)35)17-2-3-21(34)26-22(17)19(10-39)27(40)49-26/h2-3,8,15-16H,1,4-7,9,11-14,40H2. The molecule has 256 valence electrons. The first-order chi connectivity index (χ1) is 23.4. The molecule has 0 spiro atoms. The van der Waals surface area contributed by atoms with E-state index in [9.17, 15) is 32.0 Å². The summed E-state index contributed by atoms with van der Waals surface area (Å²) in [6.07, 6.45) is -4.96. The normalized spacial score (nSPS) is 24.1. The zero-order valence-corrected chi connectivity index (χ0v) is 26.4. The highest BCUT2D eigenvalue weighted by atomic mass is 32.1. The zero-order chi connectivity index (χ0) is 34.4. The van der Waals surface area contributed by atoms with Gasteiger partial charge in [0.25, 0.3) is 0 Å². The Bertz CT molecular complexity index is 2090. The lowest BCUT2D eigenvalue weighted by atomic mass is 9.92. The van der Waals surface area contributed by atoms with Crippen molar-refractivity contribution in [2.75, 3.05) is 56.6 Å². The number of ether oxygens (including phenoxy) is 2. The van der Waals surface area contributed by atoms with E-state index in [-0.39, 0.29) is 89.2 Å². The maximum atomic E-state index is 17.0. The fraction of sp³-hybridized carbons (Fsp3) is 0.438. The van der Waals surface area contributed by atoms with Gasteiger partial charge in [0.1, 0.15) is 47.6 Å². The summed E-state index contributed by atoms with van der Waals surface area (Å²) >= 11 is 0.674. The number of amides is 1. The summed E-state index contributed by atoms with van der Waals surface area (Å²) in [6.45, 7) is 1.41. The highest BCUT2D eigenvalue weighted by Gasteiger charge is 2.49. The van der Waals surface area contributed by atoms with Gasteiger partial charge in [-0.15, -0.1) is 11.3 Å². The number of thiophene rings is 1. The fourth-order valence-corrected chi connectivity index (χ4v) is 8.77. The van der Waals surface area contributed by atoms with Crippen LogP contribution in [0.1, 0.15) is 30.4 Å². The SMILES string of the molecule is N#Cc1c(N)sc2c(F)ccc(-c3c(C(F)(F)F)cc4c(N5CCN6C(=O)OCC6C5)nc(OCC56CCCN5CC(F)C6)nc4c3F)c12. The molecule has 4 aliphatic rings. The second-order valence-corrected chi connectivity index (χ2v) is 13.9. The van der Waals surface area contributed by atoms with Gasteiger partial charge in [0.15, 0.2) is 5.82 Å². The van der Waals surface area contributed by atoms with Gasteiger partial charge < -0.3 is 20.1 Å². The monoisotopic (exact) mass is 703 g/mol. The first kappa shape index (κ1) is 31.7. The second kappa shape index (κ2) is 11.2. The fourth-order valence-electron chi connectivity index (χ4n) is 7.82. The number of fused-ring (bicyclic) bond motifs is 4. The van der Waals surface area contributed by atoms with E-state index < -0.39 is 58.3 Å². The molecule has 0 aliphatic carbocycles. The van der Waals surface area contributed by atoms with Crippen LogP contribution in [-0.2, 0) is 10.9 Å². The summed E-state index contributed by atoms with van der Waals surface area (Å²) in [6, 6.07) is 3.70. The molecule has 0 saturated carbocycles. The summed E-state index contributed by atoms with van der Waals surface area (Å²) < 4.78 is 102. The van der Waals surface area contributed by atoms with Gasteiger partial charge in [-0.3, -0.25) is 9.80 Å². The summed E-state index contributed by atoms with van der Waals surface area (Å²) in [5, 5.41) is 9.16. The number of piperazine rings is 1. The van der Waals surface area contributed by atoms with Gasteiger partial charge >= 0.3 is 18.3 Å². The van der Waals surface area contributed by atoms with Crippen molar-refractivity contribution in [2.45, 2.75) is 43.2 Å². The molecule has 8 rings (SSSR count). The van der Waals surface area contributed by atoms with Gasteiger partial charge in [-0.2, -0.15) is 28.4 Å². The van der Waals surface area contributed by atoms with E-state index >= 15 is 4.39 Å². The molecule has 1 amide bonds. The van der Waals surface area contributed by atoms with Gasteiger partial charge in [-0.25, -0.2) is 18.0 Å². The Labute approximate surface area is 278 Å². The maximum absolute atomic E-state index is 17.0. The lowest BCUT2D eigenvalue weighted by Gasteiger charge is -2.36. The molecule has 10 nitrogen and oxygen atoms in total. The molecule has 2 aromatic heterocycles. The molecule has 0 bridgehead atoms. The topological polar surface area (TPSA) is 121 Å². The molecule has 0 radical (unpaired) electrons. The van der Waals surface area contributed by atoms with Crippen LogP contribution in [0, 0.1) is 23.0 Å². The maximum Gasteiger partial charge on any atom is 0.417 e. The molecule has 4 saturated heterocycles. The second-order valence-electron chi connectivity index (χ2n) is 12.8. The number of cyclic esters (lactones) is 1. The third-order valence-electron chi connectivity index (χ3n) is 10.0. The Morgan fingerprint density at radius 2 is 2.00 bits per heavy atom. The number of nitriles is 1. The minimum absolute atomic E-state index is 0.0233. The minimum Gasteiger partial charge on any atom is -0.461 e. The first-order valence-corrected chi connectivity index (χ1v) is 16.4. The lowest BCUT2D eigenvalue weighted by Crippen LogP contribution is -2.52. The predicted molar refractivity (Wildman–Crippen MR) is 167 cm³/mol. The number of benzene rings is 2. The van der Waals surface area contributed by atoms with Gasteiger partial charge in [-0.1, -0.05) is 6.07 Å². The molecule has 3 atom stereocenters. The molecule has 4 aromatic rings. The smallest absolute Gasteiger partial charge is 0.417 e. The molecular weight excluding hydrogens is 676 g/mol. The minimum atomic E-state index is -5.12. The Morgan fingerprint density at radius 1 is 1.18 bits per heavy atom. The van der Waals surface area contributed by atoms with E-state index in [0.717, 1.165) is 24.6 Å². The van der Waals surface area contributed by atoms with Crippen molar-refractivity contribution in [3.63, 3.8) is 0 Å². The molecule has 6 heterocycles. The van der Waals surface area contributed by atoms with Crippen LogP contribution in [0.5, 0.6) is 6.01 Å². The highest BCUT2D eigenvalue weighted by Crippen LogP contribution is 2.48. The largest absolute Gasteiger partial charge is 0.461 e. The van der Waals surface area contributed by atoms with E-state index in [4.69, 9.17) is 15.2 Å². The van der Waals surface area contributed by atoms with Gasteiger partial charge in [0.2, 0.25) is 0 Å². The summed E-state index contributed by atoms with van der Waals surface area (Å²) in [5.74, 6) is -2.27. The Morgan fingerprint density at radius 3 is 2.78 bits per heavy atom. The van der Waals surface area contributed by atoms with Crippen molar-refractivity contribution in [1.82, 2.24) is 19.8 Å². The quantitative estimate of drug-likeness (QED) is 0.255. The number of carbonyl (C=O) groups excluding carboxylic acids is 1. The third kappa shape index (κ3) is 4.98. The molecule has 4 fully saturated rings. The van der Waals surface area contributed by atoms with Crippen molar-refractivity contribution in [3.8, 4) is 23.2 Å². The lowest BCUT2D eigenvalue weighted by molar-refractivity contribution is -0.137. The summed E-state index contributed by atoms with van der Waals surface area (Å²) in [4.78, 5) is 26.1. The zero-order valence-electron chi connectivity index (χ0n) is 25.6. The van der Waals surface area contributed by atoms with Crippen molar-refractivity contribution in [3.05, 3.63) is 41.0 Å². The number of carbonyl (C=O) groups is 1. The van der Waals surface area contributed by atoms with E-state index in [1.165, 1.54) is 4.90 Å². The predicted octanol–water partition coefficient (Wildman–Crippen LogP) is 5.86. The van der Waals surface area contributed by atoms with Crippen LogP contribution in [0.4, 0.5) is 42.0 Å². The number of alkyl halides is 4. The number of aromatic nitrogens is 2. The highest BCUT2D eigenvalue weighted by molar-refractivity contribution is 7.23. The number of hydrogen-bond donors (Lipinski definition) is 1. The number of halogens is 6. The first-order valence-electron chi connectivity index (χ1n) is 15.6. The van der Waals surface area contributed by atoms with E-state index in [2.05, 4.69) is 9.97 Å². The van der Waals surface area contributed by atoms with Crippen LogP contribution < -0.4 is 15.4 Å². The number of anilines is 2. The van der Waals surface area contributed by atoms with Crippen LogP contribution >= 0.6 is 11.3 Å². The molecule has 17 heteroatoms. The van der Waals surface area contributed by atoms with Crippen LogP contribution in [-0.4, -0.2) is 89.6 Å². The van der Waals surface area contributed by atoms with E-state index in [1.54, 1.807) is 4.90 Å². The van der Waals surface area contributed by atoms with Crippen LogP contribution in [0.3, 0.4) is 0 Å². The van der Waals surface area contributed by atoms with E-state index in [0.29, 0.717) is 24.3 Å². The van der Waals surface area contributed by atoms with Crippen molar-refractivity contribution >= 4 is 49.2 Å². The molecule has 2 aromatic carbocycles. The number of hydrogen-bond acceptors (Lipinski definition) is 10. The Balaban J connectivity index is 1.33. The molecule has 2 N–H and O–H groups in total. The van der Waals surface area contributed by atoms with Crippen LogP contribution in [0.25, 0.3) is 32.1 Å². The number of nitrogens with two attached hydrogens (primary N) is 1. The summed E-state index contributed by atoms with van der Waals surface area (Å²) in [5.41, 5.74) is 1.83. The molecular formula is C32H27F6N7O3S. The van der Waals surface area contributed by atoms with Crippen molar-refractivity contribution < 1.29 is 40.6 Å². The van der Waals surface area contributed by atoms with Crippen molar-refractivity contribution in [2.24, 2.45) is 0 Å². The summed E-state index contributed by atoms with van der Waals surface area (Å²) in [7, 11) is 0. The van der Waals surface area contributed by atoms with Crippen molar-refractivity contribution in [1.29, 1.82) is 5.26 Å². The van der Waals surface area contributed by atoms with Crippen LogP contribution in [0.2, 0.25) is 0 Å². The third-order valence-corrected chi connectivity index (χ3v) is 11.1. The number of nitrogen functional groups attached to an aromatic ring is 1. The van der Waals surface area contributed by atoms with Crippen LogP contribution in [0.15, 0.2) is 18.2 Å². The average molecular weight is 704 g/mol. The van der Waals surface area contributed by atoms with Gasteiger partial charge in [0, 0.05) is 48.9 Å². The number of rotatable bonds is 5. The molecule has 4 aliphatic heterocycles. The van der Waals surface area contributed by atoms with Gasteiger partial charge in [-0.05, 0) is 37.1 Å².